The minimum Gasteiger partial charge on any atom is -0.379 e. The first-order valence-electron chi connectivity index (χ1n) is 9.08. The molecule has 0 saturated carbocycles. The zero-order valence-corrected chi connectivity index (χ0v) is 16.4. The molecule has 28 heavy (non-hydrogen) atoms. The molecule has 4 aromatic rings. The Balaban J connectivity index is 1.59. The summed E-state index contributed by atoms with van der Waals surface area (Å²) in [6, 6.07) is 4.20. The van der Waals surface area contributed by atoms with E-state index in [4.69, 9.17) is 14.7 Å². The predicted octanol–water partition coefficient (Wildman–Crippen LogP) is 2.86. The maximum atomic E-state index is 5.52. The number of fused-ring (bicyclic) bond motifs is 1. The molecule has 0 aromatic carbocycles. The van der Waals surface area contributed by atoms with Gasteiger partial charge in [0.15, 0.2) is 5.82 Å². The molecule has 0 radical (unpaired) electrons. The van der Waals surface area contributed by atoms with E-state index in [1.807, 2.05) is 44.7 Å². The van der Waals surface area contributed by atoms with E-state index in [0.29, 0.717) is 12.6 Å². The van der Waals surface area contributed by atoms with Crippen LogP contribution in [0, 0.1) is 6.92 Å². The number of hydrogen-bond donors (Lipinski definition) is 2. The molecule has 0 bridgehead atoms. The van der Waals surface area contributed by atoms with Gasteiger partial charge in [0.1, 0.15) is 10.5 Å². The van der Waals surface area contributed by atoms with Crippen molar-refractivity contribution in [3.05, 3.63) is 36.4 Å². The molecular weight excluding hydrogens is 376 g/mol. The second-order valence-corrected chi connectivity index (χ2v) is 7.65. The van der Waals surface area contributed by atoms with Crippen LogP contribution in [0.4, 0.5) is 16.8 Å². The molecule has 4 aromatic heterocycles. The number of hydrogen-bond acceptors (Lipinski definition) is 8. The SMILES string of the molecule is Cc1cc(Nc2nc(NC3CCOC3)c3c(ccn3-c3cnn(C)c3)n2)sn1. The molecular formula is C18H20N8OS. The Morgan fingerprint density at radius 3 is 2.96 bits per heavy atom. The van der Waals surface area contributed by atoms with Gasteiger partial charge in [-0.2, -0.15) is 14.5 Å². The van der Waals surface area contributed by atoms with Gasteiger partial charge in [-0.3, -0.25) is 4.68 Å². The molecule has 10 heteroatoms. The first-order valence-corrected chi connectivity index (χ1v) is 9.86. The van der Waals surface area contributed by atoms with Gasteiger partial charge >= 0.3 is 0 Å². The molecule has 9 nitrogen and oxygen atoms in total. The number of anilines is 3. The van der Waals surface area contributed by atoms with Crippen molar-refractivity contribution < 1.29 is 4.74 Å². The second-order valence-electron chi connectivity index (χ2n) is 6.85. The first kappa shape index (κ1) is 17.1. The van der Waals surface area contributed by atoms with E-state index in [1.165, 1.54) is 11.5 Å². The molecule has 1 atom stereocenters. The molecule has 0 aliphatic carbocycles. The fourth-order valence-electron chi connectivity index (χ4n) is 3.32. The molecule has 1 aliphatic rings. The van der Waals surface area contributed by atoms with Crippen molar-refractivity contribution in [2.45, 2.75) is 19.4 Å². The smallest absolute Gasteiger partial charge is 0.230 e. The summed E-state index contributed by atoms with van der Waals surface area (Å²) in [5.41, 5.74) is 3.71. The summed E-state index contributed by atoms with van der Waals surface area (Å²) < 4.78 is 13.7. The number of aromatic nitrogens is 6. The van der Waals surface area contributed by atoms with Gasteiger partial charge in [0.2, 0.25) is 5.95 Å². The molecule has 5 rings (SSSR count). The van der Waals surface area contributed by atoms with E-state index in [0.717, 1.165) is 46.3 Å². The third-order valence-corrected chi connectivity index (χ3v) is 5.43. The highest BCUT2D eigenvalue weighted by Crippen LogP contribution is 2.29. The van der Waals surface area contributed by atoms with Crippen LogP contribution in [0.2, 0.25) is 0 Å². The van der Waals surface area contributed by atoms with Gasteiger partial charge in [0, 0.05) is 26.0 Å². The lowest BCUT2D eigenvalue weighted by molar-refractivity contribution is 0.195. The molecule has 1 fully saturated rings. The van der Waals surface area contributed by atoms with Crippen molar-refractivity contribution in [2.75, 3.05) is 23.8 Å². The van der Waals surface area contributed by atoms with Crippen LogP contribution in [0.15, 0.2) is 30.7 Å². The van der Waals surface area contributed by atoms with Gasteiger partial charge in [0.25, 0.3) is 0 Å². The van der Waals surface area contributed by atoms with Crippen molar-refractivity contribution in [1.82, 2.24) is 28.7 Å². The van der Waals surface area contributed by atoms with Gasteiger partial charge in [-0.25, -0.2) is 4.98 Å². The lowest BCUT2D eigenvalue weighted by Crippen LogP contribution is -2.20. The fraction of sp³-hybridized carbons (Fsp3) is 0.333. The zero-order valence-electron chi connectivity index (χ0n) is 15.6. The Labute approximate surface area is 165 Å². The average molecular weight is 396 g/mol. The first-order chi connectivity index (χ1) is 13.7. The quantitative estimate of drug-likeness (QED) is 0.536. The summed E-state index contributed by atoms with van der Waals surface area (Å²) in [4.78, 5) is 9.48. The van der Waals surface area contributed by atoms with Gasteiger partial charge in [0.05, 0.1) is 35.7 Å². The Morgan fingerprint density at radius 2 is 2.25 bits per heavy atom. The van der Waals surface area contributed by atoms with E-state index in [9.17, 15) is 0 Å². The number of nitrogens with one attached hydrogen (secondary N) is 2. The van der Waals surface area contributed by atoms with E-state index < -0.39 is 0 Å². The van der Waals surface area contributed by atoms with Gasteiger partial charge < -0.3 is 19.9 Å². The Kier molecular flexibility index (Phi) is 4.21. The standard InChI is InChI=1S/C18H20N8OS/c1-11-7-15(28-24-11)22-18-21-14-3-5-26(13-8-19-25(2)9-13)16(14)17(23-18)20-12-4-6-27-10-12/h3,5,7-9,12H,4,6,10H2,1-2H3,(H2,20,21,22,23). The molecule has 1 aliphatic heterocycles. The van der Waals surface area contributed by atoms with Crippen LogP contribution in [0.5, 0.6) is 0 Å². The summed E-state index contributed by atoms with van der Waals surface area (Å²) in [6.07, 6.45) is 6.74. The highest BCUT2D eigenvalue weighted by molar-refractivity contribution is 7.10. The summed E-state index contributed by atoms with van der Waals surface area (Å²) in [6.45, 7) is 3.41. The van der Waals surface area contributed by atoms with E-state index >= 15 is 0 Å². The van der Waals surface area contributed by atoms with Crippen molar-refractivity contribution in [2.24, 2.45) is 7.05 Å². The molecule has 1 unspecified atom stereocenters. The van der Waals surface area contributed by atoms with E-state index in [1.54, 1.807) is 4.68 Å². The zero-order chi connectivity index (χ0) is 19.1. The molecule has 2 N–H and O–H groups in total. The lowest BCUT2D eigenvalue weighted by Gasteiger charge is -2.15. The molecule has 1 saturated heterocycles. The maximum absolute atomic E-state index is 5.52. The Bertz CT molecular complexity index is 1120. The normalized spacial score (nSPS) is 16.7. The number of ether oxygens (including phenoxy) is 1. The molecule has 144 valence electrons. The maximum Gasteiger partial charge on any atom is 0.230 e. The second kappa shape index (κ2) is 6.88. The molecule has 5 heterocycles. The topological polar surface area (TPSA) is 94.7 Å². The van der Waals surface area contributed by atoms with Gasteiger partial charge in [-0.15, -0.1) is 0 Å². The fourth-order valence-corrected chi connectivity index (χ4v) is 3.98. The van der Waals surface area contributed by atoms with Gasteiger partial charge in [-0.05, 0) is 37.0 Å². The molecule has 0 spiro atoms. The minimum absolute atomic E-state index is 0.230. The van der Waals surface area contributed by atoms with Crippen molar-refractivity contribution in [1.29, 1.82) is 0 Å². The average Bonchev–Trinajstić information content (AvgIpc) is 3.43. The third-order valence-electron chi connectivity index (χ3n) is 4.64. The molecule has 0 amide bonds. The Hall–Kier alpha value is -2.98. The third kappa shape index (κ3) is 3.20. The largest absolute Gasteiger partial charge is 0.379 e. The van der Waals surface area contributed by atoms with Gasteiger partial charge in [-0.1, -0.05) is 0 Å². The van der Waals surface area contributed by atoms with Crippen LogP contribution in [0.1, 0.15) is 12.1 Å². The summed E-state index contributed by atoms with van der Waals surface area (Å²) >= 11 is 1.40. The van der Waals surface area contributed by atoms with Crippen molar-refractivity contribution in [3.63, 3.8) is 0 Å². The minimum atomic E-state index is 0.230. The van der Waals surface area contributed by atoms with E-state index in [-0.39, 0.29) is 6.04 Å². The van der Waals surface area contributed by atoms with Crippen LogP contribution in [0.25, 0.3) is 16.7 Å². The van der Waals surface area contributed by atoms with Crippen molar-refractivity contribution in [3.8, 4) is 5.69 Å². The van der Waals surface area contributed by atoms with Crippen LogP contribution < -0.4 is 10.6 Å². The predicted molar refractivity (Wildman–Crippen MR) is 109 cm³/mol. The van der Waals surface area contributed by atoms with E-state index in [2.05, 4.69) is 24.7 Å². The monoisotopic (exact) mass is 396 g/mol. The number of nitrogens with zero attached hydrogens (tertiary/aromatic N) is 6. The summed E-state index contributed by atoms with van der Waals surface area (Å²) in [7, 11) is 1.90. The van der Waals surface area contributed by atoms with Crippen LogP contribution >= 0.6 is 11.5 Å². The summed E-state index contributed by atoms with van der Waals surface area (Å²) in [5.74, 6) is 1.32. The highest BCUT2D eigenvalue weighted by atomic mass is 32.1. The van der Waals surface area contributed by atoms with Crippen LogP contribution in [0.3, 0.4) is 0 Å². The highest BCUT2D eigenvalue weighted by Gasteiger charge is 2.20. The number of rotatable bonds is 5. The van der Waals surface area contributed by atoms with Crippen LogP contribution in [-0.4, -0.2) is 47.9 Å². The van der Waals surface area contributed by atoms with Crippen molar-refractivity contribution >= 4 is 39.3 Å². The summed E-state index contributed by atoms with van der Waals surface area (Å²) in [5, 5.41) is 12.0. The lowest BCUT2D eigenvalue weighted by atomic mass is 10.2. The number of aryl methyl sites for hydroxylation is 2. The van der Waals surface area contributed by atoms with Crippen LogP contribution in [-0.2, 0) is 11.8 Å². The Morgan fingerprint density at radius 1 is 1.32 bits per heavy atom.